The molecular weight excluding hydrogens is 176 g/mol. The molecule has 0 fully saturated rings. The van der Waals surface area contributed by atoms with Gasteiger partial charge in [0.05, 0.1) is 0 Å². The number of anilines is 3. The van der Waals surface area contributed by atoms with Crippen LogP contribution >= 0.6 is 0 Å². The summed E-state index contributed by atoms with van der Waals surface area (Å²) >= 11 is 0. The normalized spacial score (nSPS) is 11.3. The smallest absolute Gasteiger partial charge is 0.243 e. The van der Waals surface area contributed by atoms with Gasteiger partial charge in [-0.2, -0.15) is 15.0 Å². The fraction of sp³-hybridized carbons (Fsp3) is 0.400. The van der Waals surface area contributed by atoms with Crippen molar-refractivity contribution in [1.29, 1.82) is 0 Å². The topological polar surface area (TPSA) is 143 Å². The molecule has 72 valence electrons. The fourth-order valence-corrected chi connectivity index (χ4v) is 0.677. The third kappa shape index (κ3) is 3.05. The number of hydrogen-bond donors (Lipinski definition) is 5. The van der Waals surface area contributed by atoms with Gasteiger partial charge < -0.3 is 27.0 Å². The van der Waals surface area contributed by atoms with Gasteiger partial charge in [-0.3, -0.25) is 0 Å². The summed E-state index contributed by atoms with van der Waals surface area (Å²) in [5, 5.41) is 20.0. The van der Waals surface area contributed by atoms with Gasteiger partial charge in [-0.25, -0.2) is 0 Å². The summed E-state index contributed by atoms with van der Waals surface area (Å²) in [6.07, 6.45) is 0. The standard InChI is InChI=1S/C5H10N6O2/c1-5(12,13)11-4-9-2(6)8-3(7)10-4/h12-13H,1H3,(H5,6,7,8,9,10,11). The molecule has 0 aliphatic carbocycles. The summed E-state index contributed by atoms with van der Waals surface area (Å²) in [6, 6.07) is 0. The molecule has 0 saturated carbocycles. The second-order valence-electron chi connectivity index (χ2n) is 2.52. The first kappa shape index (κ1) is 9.42. The Morgan fingerprint density at radius 3 is 2.00 bits per heavy atom. The van der Waals surface area contributed by atoms with Gasteiger partial charge in [0.1, 0.15) is 0 Å². The molecule has 0 saturated heterocycles. The van der Waals surface area contributed by atoms with Crippen LogP contribution in [0.15, 0.2) is 0 Å². The number of aromatic nitrogens is 3. The van der Waals surface area contributed by atoms with Gasteiger partial charge in [0, 0.05) is 6.92 Å². The average molecular weight is 186 g/mol. The van der Waals surface area contributed by atoms with Gasteiger partial charge in [-0.15, -0.1) is 0 Å². The summed E-state index contributed by atoms with van der Waals surface area (Å²) in [5.74, 6) is -2.42. The summed E-state index contributed by atoms with van der Waals surface area (Å²) in [7, 11) is 0. The third-order valence-corrected chi connectivity index (χ3v) is 1.02. The molecule has 0 radical (unpaired) electrons. The number of rotatable bonds is 2. The zero-order valence-corrected chi connectivity index (χ0v) is 6.89. The Morgan fingerprint density at radius 1 is 1.15 bits per heavy atom. The van der Waals surface area contributed by atoms with Crippen LogP contribution in [-0.2, 0) is 0 Å². The summed E-state index contributed by atoms with van der Waals surface area (Å²) in [5.41, 5.74) is 10.5. The highest BCUT2D eigenvalue weighted by Gasteiger charge is 2.16. The number of nitrogens with zero attached hydrogens (tertiary/aromatic N) is 3. The Morgan fingerprint density at radius 2 is 1.62 bits per heavy atom. The predicted molar refractivity (Wildman–Crippen MR) is 45.1 cm³/mol. The molecule has 8 heteroatoms. The van der Waals surface area contributed by atoms with Crippen molar-refractivity contribution in [1.82, 2.24) is 15.0 Å². The lowest BCUT2D eigenvalue weighted by atomic mass is 10.5. The molecule has 1 heterocycles. The monoisotopic (exact) mass is 186 g/mol. The maximum absolute atomic E-state index is 8.92. The van der Waals surface area contributed by atoms with Crippen LogP contribution in [0.1, 0.15) is 6.92 Å². The van der Waals surface area contributed by atoms with Crippen molar-refractivity contribution in [2.45, 2.75) is 12.8 Å². The molecule has 0 aliphatic rings. The molecule has 1 aromatic rings. The summed E-state index contributed by atoms with van der Waals surface area (Å²) < 4.78 is 0. The molecule has 8 nitrogen and oxygen atoms in total. The molecule has 0 aromatic carbocycles. The second-order valence-corrected chi connectivity index (χ2v) is 2.52. The highest BCUT2D eigenvalue weighted by molar-refractivity contribution is 5.37. The molecule has 0 bridgehead atoms. The number of nitrogen functional groups attached to an aromatic ring is 2. The van der Waals surface area contributed by atoms with E-state index in [9.17, 15) is 0 Å². The summed E-state index contributed by atoms with van der Waals surface area (Å²) in [4.78, 5) is 10.6. The first-order valence-electron chi connectivity index (χ1n) is 3.37. The van der Waals surface area contributed by atoms with E-state index in [1.54, 1.807) is 0 Å². The lowest BCUT2D eigenvalue weighted by Crippen LogP contribution is -2.34. The molecule has 1 aromatic heterocycles. The SMILES string of the molecule is CC(O)(O)Nc1nc(N)nc(N)n1. The van der Waals surface area contributed by atoms with Gasteiger partial charge in [-0.1, -0.05) is 0 Å². The minimum atomic E-state index is -2.12. The van der Waals surface area contributed by atoms with E-state index in [0.717, 1.165) is 6.92 Å². The molecule has 13 heavy (non-hydrogen) atoms. The van der Waals surface area contributed by atoms with E-state index < -0.39 is 5.91 Å². The maximum Gasteiger partial charge on any atom is 0.243 e. The van der Waals surface area contributed by atoms with Gasteiger partial charge >= 0.3 is 0 Å². The third-order valence-electron chi connectivity index (χ3n) is 1.02. The van der Waals surface area contributed by atoms with Crippen molar-refractivity contribution < 1.29 is 10.2 Å². The van der Waals surface area contributed by atoms with Crippen molar-refractivity contribution in [3.63, 3.8) is 0 Å². The molecule has 1 rings (SSSR count). The highest BCUT2D eigenvalue weighted by atomic mass is 16.5. The Kier molecular flexibility index (Phi) is 2.17. The quantitative estimate of drug-likeness (QED) is 0.337. The van der Waals surface area contributed by atoms with Crippen LogP contribution in [0.4, 0.5) is 17.8 Å². The predicted octanol–water partition coefficient (Wildman–Crippen LogP) is -1.89. The van der Waals surface area contributed by atoms with Crippen LogP contribution in [0.3, 0.4) is 0 Å². The second kappa shape index (κ2) is 2.99. The maximum atomic E-state index is 8.92. The molecule has 0 atom stereocenters. The lowest BCUT2D eigenvalue weighted by Gasteiger charge is -2.16. The number of nitrogens with one attached hydrogen (secondary N) is 1. The van der Waals surface area contributed by atoms with Crippen molar-refractivity contribution in [2.24, 2.45) is 0 Å². The van der Waals surface area contributed by atoms with Crippen molar-refractivity contribution >= 4 is 17.8 Å². The van der Waals surface area contributed by atoms with Crippen LogP contribution in [0.2, 0.25) is 0 Å². The number of aliphatic hydroxyl groups is 2. The number of nitrogens with two attached hydrogens (primary N) is 2. The van der Waals surface area contributed by atoms with Crippen LogP contribution in [0, 0.1) is 0 Å². The molecule has 0 unspecified atom stereocenters. The van der Waals surface area contributed by atoms with Gasteiger partial charge in [-0.05, 0) is 0 Å². The van der Waals surface area contributed by atoms with Crippen LogP contribution in [-0.4, -0.2) is 31.1 Å². The minimum absolute atomic E-state index is 0.0979. The molecule has 0 spiro atoms. The zero-order chi connectivity index (χ0) is 10.1. The van der Waals surface area contributed by atoms with Crippen LogP contribution in [0.25, 0.3) is 0 Å². The Bertz CT molecular complexity index is 288. The number of hydrogen-bond acceptors (Lipinski definition) is 8. The van der Waals surface area contributed by atoms with E-state index in [-0.39, 0.29) is 17.8 Å². The average Bonchev–Trinajstić information content (AvgIpc) is 1.78. The van der Waals surface area contributed by atoms with Gasteiger partial charge in [0.2, 0.25) is 23.8 Å². The Hall–Kier alpha value is -1.67. The first-order chi connectivity index (χ1) is 5.87. The van der Waals surface area contributed by atoms with E-state index in [1.165, 1.54) is 0 Å². The first-order valence-corrected chi connectivity index (χ1v) is 3.37. The largest absolute Gasteiger partial charge is 0.368 e. The van der Waals surface area contributed by atoms with E-state index in [0.29, 0.717) is 0 Å². The Labute approximate surface area is 73.6 Å². The highest BCUT2D eigenvalue weighted by Crippen LogP contribution is 2.07. The van der Waals surface area contributed by atoms with Gasteiger partial charge in [0.25, 0.3) is 0 Å². The van der Waals surface area contributed by atoms with E-state index >= 15 is 0 Å². The minimum Gasteiger partial charge on any atom is -0.368 e. The van der Waals surface area contributed by atoms with E-state index in [1.807, 2.05) is 0 Å². The van der Waals surface area contributed by atoms with Crippen molar-refractivity contribution in [2.75, 3.05) is 16.8 Å². The molecule has 0 amide bonds. The Balaban J connectivity index is 2.90. The lowest BCUT2D eigenvalue weighted by molar-refractivity contribution is -0.119. The van der Waals surface area contributed by atoms with Crippen LogP contribution < -0.4 is 16.8 Å². The fourth-order valence-electron chi connectivity index (χ4n) is 0.677. The molecule has 7 N–H and O–H groups in total. The molecule has 0 aliphatic heterocycles. The molecular formula is C5H10N6O2. The summed E-state index contributed by atoms with van der Waals surface area (Å²) in [6.45, 7) is 1.10. The van der Waals surface area contributed by atoms with Crippen molar-refractivity contribution in [3.8, 4) is 0 Å². The van der Waals surface area contributed by atoms with Crippen LogP contribution in [0.5, 0.6) is 0 Å². The van der Waals surface area contributed by atoms with Gasteiger partial charge in [0.15, 0.2) is 0 Å². The van der Waals surface area contributed by atoms with Crippen molar-refractivity contribution in [3.05, 3.63) is 0 Å². The van der Waals surface area contributed by atoms with E-state index in [2.05, 4.69) is 20.3 Å². The van der Waals surface area contributed by atoms with E-state index in [4.69, 9.17) is 21.7 Å². The zero-order valence-electron chi connectivity index (χ0n) is 6.89.